The average molecular weight is 716 g/mol. The van der Waals surface area contributed by atoms with Gasteiger partial charge in [0.2, 0.25) is 0 Å². The second kappa shape index (κ2) is 16.9. The Morgan fingerprint density at radius 1 is 0.612 bits per heavy atom. The highest BCUT2D eigenvalue weighted by Gasteiger charge is 2.55. The van der Waals surface area contributed by atoms with Crippen LogP contribution in [-0.4, -0.2) is 203 Å². The van der Waals surface area contributed by atoms with Crippen molar-refractivity contribution in [1.29, 1.82) is 0 Å². The van der Waals surface area contributed by atoms with E-state index in [9.17, 15) is 35.7 Å². The standard InChI is InChI=1S/C28H53N5O16/c1-33-15-18(39)23-11(43-26(15)49-27-19(40)17(38)14(32)12(6-35)44-27)5-10(31)25(47-23)46-21-9(30)4-8(29)16(37)24(21)48-28-20(41)22(42-3-2-34)13(7-36)45-28/h8-28,33-41H,2-7,29-32H2,1H3/t8-,9+,10-,11?,12-,13-,14-,15+,16+,17+,18-,19-,20-,21-,22-,23?,24-,25+,26-,27-,28?/m1/s1. The van der Waals surface area contributed by atoms with Crippen LogP contribution in [0.15, 0.2) is 0 Å². The molecule has 0 aromatic heterocycles. The molecule has 0 spiro atoms. The van der Waals surface area contributed by atoms with E-state index in [4.69, 9.17) is 65.9 Å². The number of aliphatic hydroxyl groups excluding tert-OH is 8. The number of nitrogens with two attached hydrogens (primary N) is 4. The van der Waals surface area contributed by atoms with Crippen LogP contribution in [0.5, 0.6) is 0 Å². The van der Waals surface area contributed by atoms with E-state index in [0.29, 0.717) is 0 Å². The van der Waals surface area contributed by atoms with Gasteiger partial charge in [-0.2, -0.15) is 0 Å². The zero-order valence-corrected chi connectivity index (χ0v) is 27.0. The monoisotopic (exact) mass is 715 g/mol. The number of ether oxygens (including phenoxy) is 8. The largest absolute Gasteiger partial charge is 0.394 e. The van der Waals surface area contributed by atoms with Crippen molar-refractivity contribution in [2.75, 3.05) is 33.5 Å². The van der Waals surface area contributed by atoms with Crippen LogP contribution in [0.25, 0.3) is 0 Å². The van der Waals surface area contributed by atoms with Crippen molar-refractivity contribution in [2.45, 2.75) is 141 Å². The molecule has 4 saturated heterocycles. The Balaban J connectivity index is 1.27. The van der Waals surface area contributed by atoms with E-state index in [0.717, 1.165) is 0 Å². The van der Waals surface area contributed by atoms with Gasteiger partial charge in [-0.25, -0.2) is 0 Å². The van der Waals surface area contributed by atoms with Crippen molar-refractivity contribution in [3.8, 4) is 0 Å². The Bertz CT molecular complexity index is 1040. The molecule has 21 atom stereocenters. The van der Waals surface area contributed by atoms with E-state index in [1.807, 2.05) is 0 Å². The maximum absolute atomic E-state index is 11.4. The number of hydrogen-bond acceptors (Lipinski definition) is 21. The summed E-state index contributed by atoms with van der Waals surface area (Å²) in [5.41, 5.74) is 24.9. The van der Waals surface area contributed by atoms with Gasteiger partial charge in [0, 0.05) is 12.1 Å². The van der Waals surface area contributed by atoms with Gasteiger partial charge in [0.05, 0.1) is 56.8 Å². The third-order valence-electron chi connectivity index (χ3n) is 9.88. The van der Waals surface area contributed by atoms with Crippen molar-refractivity contribution in [3.05, 3.63) is 0 Å². The number of hydrogen-bond donors (Lipinski definition) is 13. The van der Waals surface area contributed by atoms with Crippen molar-refractivity contribution in [1.82, 2.24) is 5.32 Å². The highest BCUT2D eigenvalue weighted by molar-refractivity contribution is 5.03. The van der Waals surface area contributed by atoms with Gasteiger partial charge in [0.25, 0.3) is 0 Å². The molecule has 286 valence electrons. The van der Waals surface area contributed by atoms with Gasteiger partial charge >= 0.3 is 0 Å². The summed E-state index contributed by atoms with van der Waals surface area (Å²) >= 11 is 0. The molecule has 0 aromatic rings. The van der Waals surface area contributed by atoms with Crippen LogP contribution < -0.4 is 28.3 Å². The van der Waals surface area contributed by atoms with Crippen LogP contribution in [0.1, 0.15) is 12.8 Å². The number of likely N-dealkylation sites (N-methyl/N-ethyl adjacent to an activating group) is 1. The molecule has 0 aromatic carbocycles. The minimum Gasteiger partial charge on any atom is -0.394 e. The lowest BCUT2D eigenvalue weighted by molar-refractivity contribution is -0.374. The summed E-state index contributed by atoms with van der Waals surface area (Å²) in [6.07, 6.45) is -19.5. The molecule has 17 N–H and O–H groups in total. The first-order valence-electron chi connectivity index (χ1n) is 16.5. The molecule has 0 bridgehead atoms. The lowest BCUT2D eigenvalue weighted by Gasteiger charge is -2.51. The minimum absolute atomic E-state index is 0.0750. The van der Waals surface area contributed by atoms with Gasteiger partial charge in [-0.05, 0) is 19.9 Å². The van der Waals surface area contributed by atoms with Crippen molar-refractivity contribution in [2.24, 2.45) is 22.9 Å². The first kappa shape index (κ1) is 39.4. The van der Waals surface area contributed by atoms with Crippen LogP contribution in [0.4, 0.5) is 0 Å². The van der Waals surface area contributed by atoms with Gasteiger partial charge in [-0.15, -0.1) is 0 Å². The van der Waals surface area contributed by atoms with Gasteiger partial charge in [0.1, 0.15) is 61.0 Å². The molecule has 1 aliphatic carbocycles. The van der Waals surface area contributed by atoms with E-state index in [1.165, 1.54) is 7.05 Å². The second-order valence-electron chi connectivity index (χ2n) is 13.2. The number of fused-ring (bicyclic) bond motifs is 1. The van der Waals surface area contributed by atoms with E-state index in [1.54, 1.807) is 0 Å². The summed E-state index contributed by atoms with van der Waals surface area (Å²) in [7, 11) is 1.53. The molecule has 4 aliphatic heterocycles. The zero-order valence-electron chi connectivity index (χ0n) is 27.0. The Morgan fingerprint density at radius 2 is 1.27 bits per heavy atom. The molecule has 21 heteroatoms. The van der Waals surface area contributed by atoms with E-state index in [2.05, 4.69) is 5.32 Å². The number of rotatable bonds is 12. The zero-order chi connectivity index (χ0) is 35.7. The van der Waals surface area contributed by atoms with Crippen LogP contribution >= 0.6 is 0 Å². The molecule has 0 amide bonds. The number of nitrogens with one attached hydrogen (secondary N) is 1. The number of aliphatic hydroxyl groups is 8. The van der Waals surface area contributed by atoms with Crippen LogP contribution in [0.3, 0.4) is 0 Å². The predicted octanol–water partition coefficient (Wildman–Crippen LogP) is -8.47. The summed E-state index contributed by atoms with van der Waals surface area (Å²) in [4.78, 5) is 0. The van der Waals surface area contributed by atoms with Crippen molar-refractivity contribution >= 4 is 0 Å². The lowest BCUT2D eigenvalue weighted by Crippen LogP contribution is -2.70. The topological polar surface area (TPSA) is 352 Å². The second-order valence-corrected chi connectivity index (χ2v) is 13.2. The molecule has 5 aliphatic rings. The molecular formula is C28H53N5O16. The Hall–Kier alpha value is -0.840. The van der Waals surface area contributed by atoms with Gasteiger partial charge < -0.3 is 107 Å². The molecule has 21 nitrogen and oxygen atoms in total. The van der Waals surface area contributed by atoms with E-state index < -0.39 is 142 Å². The van der Waals surface area contributed by atoms with Crippen molar-refractivity contribution < 1.29 is 78.7 Å². The molecule has 4 heterocycles. The summed E-state index contributed by atoms with van der Waals surface area (Å²) in [5, 5.41) is 85.6. The quantitative estimate of drug-likeness (QED) is 0.0892. The minimum atomic E-state index is -1.58. The molecule has 3 unspecified atom stereocenters. The summed E-state index contributed by atoms with van der Waals surface area (Å²) in [6.45, 7) is -1.53. The summed E-state index contributed by atoms with van der Waals surface area (Å²) < 4.78 is 47.0. The molecule has 5 rings (SSSR count). The van der Waals surface area contributed by atoms with E-state index >= 15 is 0 Å². The predicted molar refractivity (Wildman–Crippen MR) is 160 cm³/mol. The molecule has 49 heavy (non-hydrogen) atoms. The highest BCUT2D eigenvalue weighted by atomic mass is 16.8. The third kappa shape index (κ3) is 8.07. The average Bonchev–Trinajstić information content (AvgIpc) is 3.38. The Labute approximate surface area is 282 Å². The fourth-order valence-corrected chi connectivity index (χ4v) is 7.11. The molecule has 0 radical (unpaired) electrons. The smallest absolute Gasteiger partial charge is 0.189 e. The van der Waals surface area contributed by atoms with E-state index in [-0.39, 0.29) is 26.1 Å². The third-order valence-corrected chi connectivity index (χ3v) is 9.88. The van der Waals surface area contributed by atoms with Gasteiger partial charge in [-0.1, -0.05) is 0 Å². The Kier molecular flexibility index (Phi) is 13.6. The highest BCUT2D eigenvalue weighted by Crippen LogP contribution is 2.37. The van der Waals surface area contributed by atoms with Gasteiger partial charge in [-0.3, -0.25) is 0 Å². The maximum Gasteiger partial charge on any atom is 0.189 e. The van der Waals surface area contributed by atoms with Gasteiger partial charge in [0.15, 0.2) is 25.2 Å². The lowest BCUT2D eigenvalue weighted by atomic mass is 9.84. The Morgan fingerprint density at radius 3 is 1.92 bits per heavy atom. The summed E-state index contributed by atoms with van der Waals surface area (Å²) in [6, 6.07) is -4.55. The molecule has 1 saturated carbocycles. The molecular weight excluding hydrogens is 662 g/mol. The summed E-state index contributed by atoms with van der Waals surface area (Å²) in [5.74, 6) is 0. The van der Waals surface area contributed by atoms with Crippen LogP contribution in [0, 0.1) is 0 Å². The molecule has 5 fully saturated rings. The first-order valence-corrected chi connectivity index (χ1v) is 16.5. The van der Waals surface area contributed by atoms with Crippen LogP contribution in [-0.2, 0) is 37.9 Å². The normalized spacial score (nSPS) is 52.2. The fraction of sp³-hybridized carbons (Fsp3) is 1.00. The SMILES string of the molecule is CN[C@@H]1[C@@H](O[C@H]2O[C@H](CO)[C@@H](N)[C@H](O)[C@H]2O)OC2C[C@@H](N)[C@@H](O[C@H]3[C@H](OC4O[C@H](CO)[C@@H](OCCO)[C@H]4O)[C@@H](O)[C@H](N)C[C@@H]3N)OC2[C@@H]1O. The first-order chi connectivity index (χ1) is 23.3. The fourth-order valence-electron chi connectivity index (χ4n) is 7.11. The van der Waals surface area contributed by atoms with Crippen LogP contribution in [0.2, 0.25) is 0 Å². The maximum atomic E-state index is 11.4. The van der Waals surface area contributed by atoms with Crippen molar-refractivity contribution in [3.63, 3.8) is 0 Å².